The molecule has 1 heterocycles. The first-order valence-corrected chi connectivity index (χ1v) is 13.1. The number of hydrogen-bond donors (Lipinski definition) is 0. The van der Waals surface area contributed by atoms with Gasteiger partial charge in [0, 0.05) is 4.47 Å². The van der Waals surface area contributed by atoms with Gasteiger partial charge in [-0.3, -0.25) is 14.5 Å². The molecule has 8 heteroatoms. The summed E-state index contributed by atoms with van der Waals surface area (Å²) >= 11 is 4.49. The number of para-hydroxylation sites is 1. The summed E-state index contributed by atoms with van der Waals surface area (Å²) in [6, 6.07) is 21.1. The molecular formula is C28H26BrNO5S. The molecule has 0 unspecified atom stereocenters. The number of imide groups is 1. The SMILES string of the molecule is CCOc1cc(/C=C2\SC(=O)N(CCOc3ccccc3)C2=O)c(Br)cc1OCc1ccc(C)cc1. The quantitative estimate of drug-likeness (QED) is 0.249. The number of nitrogens with zero attached hydrogens (tertiary/aromatic N) is 1. The molecule has 0 radical (unpaired) electrons. The first-order chi connectivity index (χ1) is 17.4. The highest BCUT2D eigenvalue weighted by atomic mass is 79.9. The smallest absolute Gasteiger partial charge is 0.293 e. The van der Waals surface area contributed by atoms with E-state index in [0.29, 0.717) is 40.9 Å². The molecule has 3 aromatic rings. The maximum Gasteiger partial charge on any atom is 0.293 e. The third-order valence-corrected chi connectivity index (χ3v) is 6.96. The molecular weight excluding hydrogens is 542 g/mol. The van der Waals surface area contributed by atoms with E-state index in [1.165, 1.54) is 10.5 Å². The zero-order valence-corrected chi connectivity index (χ0v) is 22.4. The maximum atomic E-state index is 12.9. The predicted molar refractivity (Wildman–Crippen MR) is 145 cm³/mol. The molecule has 0 spiro atoms. The number of benzene rings is 3. The fourth-order valence-corrected chi connectivity index (χ4v) is 4.79. The van der Waals surface area contributed by atoms with Gasteiger partial charge >= 0.3 is 0 Å². The molecule has 0 aliphatic carbocycles. The van der Waals surface area contributed by atoms with E-state index < -0.39 is 0 Å². The van der Waals surface area contributed by atoms with Crippen molar-refractivity contribution in [2.75, 3.05) is 19.8 Å². The average molecular weight is 568 g/mol. The summed E-state index contributed by atoms with van der Waals surface area (Å²) in [5, 5.41) is -0.317. The summed E-state index contributed by atoms with van der Waals surface area (Å²) < 4.78 is 18.2. The lowest BCUT2D eigenvalue weighted by atomic mass is 10.1. The Kier molecular flexibility index (Phi) is 8.72. The molecule has 1 saturated heterocycles. The van der Waals surface area contributed by atoms with Crippen LogP contribution in [0.5, 0.6) is 17.2 Å². The second-order valence-electron chi connectivity index (χ2n) is 8.02. The molecule has 0 atom stereocenters. The van der Waals surface area contributed by atoms with Gasteiger partial charge in [0.05, 0.1) is 18.1 Å². The molecule has 36 heavy (non-hydrogen) atoms. The minimum Gasteiger partial charge on any atom is -0.492 e. The summed E-state index contributed by atoms with van der Waals surface area (Å²) in [5.41, 5.74) is 2.95. The summed E-state index contributed by atoms with van der Waals surface area (Å²) in [6.45, 7) is 5.19. The highest BCUT2D eigenvalue weighted by Crippen LogP contribution is 2.38. The van der Waals surface area contributed by atoms with Crippen LogP contribution in [0.2, 0.25) is 0 Å². The number of aryl methyl sites for hydroxylation is 1. The van der Waals surface area contributed by atoms with Crippen LogP contribution in [0.4, 0.5) is 4.79 Å². The van der Waals surface area contributed by atoms with Crippen molar-refractivity contribution < 1.29 is 23.8 Å². The van der Waals surface area contributed by atoms with E-state index in [0.717, 1.165) is 21.8 Å². The van der Waals surface area contributed by atoms with E-state index in [9.17, 15) is 9.59 Å². The van der Waals surface area contributed by atoms with Crippen molar-refractivity contribution >= 4 is 44.9 Å². The molecule has 0 bridgehead atoms. The lowest BCUT2D eigenvalue weighted by Gasteiger charge is -2.14. The molecule has 4 rings (SSSR count). The van der Waals surface area contributed by atoms with E-state index >= 15 is 0 Å². The Morgan fingerprint density at radius 2 is 1.67 bits per heavy atom. The highest BCUT2D eigenvalue weighted by Gasteiger charge is 2.35. The largest absolute Gasteiger partial charge is 0.492 e. The van der Waals surface area contributed by atoms with Crippen LogP contribution in [0.25, 0.3) is 6.08 Å². The van der Waals surface area contributed by atoms with Crippen LogP contribution in [0.3, 0.4) is 0 Å². The van der Waals surface area contributed by atoms with Crippen LogP contribution in [0.1, 0.15) is 23.6 Å². The van der Waals surface area contributed by atoms with Gasteiger partial charge in [-0.1, -0.05) is 64.0 Å². The van der Waals surface area contributed by atoms with Crippen LogP contribution < -0.4 is 14.2 Å². The number of carbonyl (C=O) groups is 2. The normalized spacial score (nSPS) is 14.4. The summed E-state index contributed by atoms with van der Waals surface area (Å²) in [7, 11) is 0. The van der Waals surface area contributed by atoms with Gasteiger partial charge in [0.1, 0.15) is 19.0 Å². The monoisotopic (exact) mass is 567 g/mol. The first-order valence-electron chi connectivity index (χ1n) is 11.5. The van der Waals surface area contributed by atoms with Crippen LogP contribution in [0.15, 0.2) is 76.1 Å². The number of carbonyl (C=O) groups excluding carboxylic acids is 2. The summed E-state index contributed by atoms with van der Waals surface area (Å²) in [5.74, 6) is 1.51. The molecule has 0 N–H and O–H groups in total. The number of ether oxygens (including phenoxy) is 3. The summed E-state index contributed by atoms with van der Waals surface area (Å²) in [4.78, 5) is 27.0. The van der Waals surface area contributed by atoms with Crippen molar-refractivity contribution in [1.82, 2.24) is 4.90 Å². The molecule has 1 aliphatic heterocycles. The second-order valence-corrected chi connectivity index (χ2v) is 9.87. The summed E-state index contributed by atoms with van der Waals surface area (Å²) in [6.07, 6.45) is 1.69. The van der Waals surface area contributed by atoms with Crippen LogP contribution in [-0.2, 0) is 11.4 Å². The maximum absolute atomic E-state index is 12.9. The standard InChI is InChI=1S/C28H26BrNO5S/c1-3-33-24-15-21(23(29)17-25(24)35-18-20-11-9-19(2)10-12-20)16-26-27(31)30(28(32)36-26)13-14-34-22-7-5-4-6-8-22/h4-12,15-17H,3,13-14,18H2,1-2H3/b26-16-. The minimum absolute atomic E-state index is 0.175. The van der Waals surface area contributed by atoms with E-state index in [4.69, 9.17) is 14.2 Å². The van der Waals surface area contributed by atoms with Crippen molar-refractivity contribution in [3.8, 4) is 17.2 Å². The van der Waals surface area contributed by atoms with Crippen LogP contribution in [0, 0.1) is 6.92 Å². The van der Waals surface area contributed by atoms with Crippen molar-refractivity contribution in [2.45, 2.75) is 20.5 Å². The Hall–Kier alpha value is -3.23. The lowest BCUT2D eigenvalue weighted by molar-refractivity contribution is -0.123. The van der Waals surface area contributed by atoms with Gasteiger partial charge in [-0.25, -0.2) is 0 Å². The lowest BCUT2D eigenvalue weighted by Crippen LogP contribution is -2.32. The molecule has 186 valence electrons. The van der Waals surface area contributed by atoms with E-state index in [1.54, 1.807) is 6.08 Å². The van der Waals surface area contributed by atoms with E-state index in [-0.39, 0.29) is 24.3 Å². The minimum atomic E-state index is -0.341. The van der Waals surface area contributed by atoms with Gasteiger partial charge in [-0.2, -0.15) is 0 Å². The predicted octanol–water partition coefficient (Wildman–Crippen LogP) is 6.85. The van der Waals surface area contributed by atoms with Gasteiger partial charge in [0.15, 0.2) is 11.5 Å². The fraction of sp³-hybridized carbons (Fsp3) is 0.214. The topological polar surface area (TPSA) is 65.1 Å². The molecule has 1 fully saturated rings. The van der Waals surface area contributed by atoms with Crippen molar-refractivity contribution in [3.63, 3.8) is 0 Å². The first kappa shape index (κ1) is 25.9. The van der Waals surface area contributed by atoms with Gasteiger partial charge in [-0.05, 0) is 67.1 Å². The highest BCUT2D eigenvalue weighted by molar-refractivity contribution is 9.10. The zero-order valence-electron chi connectivity index (χ0n) is 20.0. The van der Waals surface area contributed by atoms with Gasteiger partial charge in [-0.15, -0.1) is 0 Å². The van der Waals surface area contributed by atoms with Gasteiger partial charge < -0.3 is 14.2 Å². The van der Waals surface area contributed by atoms with Gasteiger partial charge in [0.2, 0.25) is 0 Å². The zero-order chi connectivity index (χ0) is 25.5. The van der Waals surface area contributed by atoms with Crippen molar-refractivity contribution in [2.24, 2.45) is 0 Å². The number of amides is 2. The number of hydrogen-bond acceptors (Lipinski definition) is 6. The molecule has 3 aromatic carbocycles. The third kappa shape index (κ3) is 6.50. The van der Waals surface area contributed by atoms with Crippen LogP contribution >= 0.6 is 27.7 Å². The fourth-order valence-electron chi connectivity index (χ4n) is 3.49. The van der Waals surface area contributed by atoms with Crippen LogP contribution in [-0.4, -0.2) is 35.8 Å². The van der Waals surface area contributed by atoms with Crippen molar-refractivity contribution in [3.05, 3.63) is 92.8 Å². The third-order valence-electron chi connectivity index (χ3n) is 5.36. The Morgan fingerprint density at radius 3 is 2.39 bits per heavy atom. The molecule has 0 saturated carbocycles. The Morgan fingerprint density at radius 1 is 0.944 bits per heavy atom. The number of halogens is 1. The molecule has 1 aliphatic rings. The Bertz CT molecular complexity index is 1260. The van der Waals surface area contributed by atoms with E-state index in [1.807, 2.05) is 80.6 Å². The molecule has 2 amide bonds. The Balaban J connectivity index is 1.46. The van der Waals surface area contributed by atoms with Gasteiger partial charge in [0.25, 0.3) is 11.1 Å². The number of rotatable bonds is 10. The second kappa shape index (κ2) is 12.1. The van der Waals surface area contributed by atoms with Crippen molar-refractivity contribution in [1.29, 1.82) is 0 Å². The molecule has 0 aromatic heterocycles. The number of thioether (sulfide) groups is 1. The average Bonchev–Trinajstić information content (AvgIpc) is 3.14. The molecule has 6 nitrogen and oxygen atoms in total. The Labute approximate surface area is 223 Å². The van der Waals surface area contributed by atoms with E-state index in [2.05, 4.69) is 15.9 Å².